The Morgan fingerprint density at radius 2 is 1.79 bits per heavy atom. The first kappa shape index (κ1) is 11.8. The van der Waals surface area contributed by atoms with Crippen molar-refractivity contribution in [2.24, 2.45) is 0 Å². The van der Waals surface area contributed by atoms with E-state index in [1.807, 2.05) is 13.0 Å². The van der Waals surface area contributed by atoms with Gasteiger partial charge in [-0.3, -0.25) is 0 Å². The molecule has 2 aromatic carbocycles. The van der Waals surface area contributed by atoms with E-state index in [1.165, 1.54) is 5.56 Å². The Morgan fingerprint density at radius 3 is 2.53 bits per heavy atom. The Morgan fingerprint density at radius 1 is 1.05 bits per heavy atom. The monoisotopic (exact) mass is 252 g/mol. The summed E-state index contributed by atoms with van der Waals surface area (Å²) in [4.78, 5) is 0. The fourth-order valence-electron chi connectivity index (χ4n) is 2.36. The maximum Gasteiger partial charge on any atom is 0.127 e. The van der Waals surface area contributed by atoms with E-state index < -0.39 is 0 Å². The molecule has 2 aromatic rings. The minimum absolute atomic E-state index is 0.0137. The van der Waals surface area contributed by atoms with Crippen molar-refractivity contribution in [1.29, 1.82) is 0 Å². The number of aryl methyl sites for hydroxylation is 1. The zero-order valence-corrected chi connectivity index (χ0v) is 11.1. The van der Waals surface area contributed by atoms with Crippen LogP contribution < -0.4 is 4.74 Å². The summed E-state index contributed by atoms with van der Waals surface area (Å²) in [6.07, 6.45) is 2.10. The summed E-state index contributed by atoms with van der Waals surface area (Å²) in [6, 6.07) is 13.6. The molecule has 96 valence electrons. The predicted octanol–water partition coefficient (Wildman–Crippen LogP) is 4.02. The van der Waals surface area contributed by atoms with E-state index in [9.17, 15) is 5.11 Å². The van der Waals surface area contributed by atoms with Crippen molar-refractivity contribution in [1.82, 2.24) is 0 Å². The Bertz CT molecular complexity index is 639. The lowest BCUT2D eigenvalue weighted by atomic mass is 9.95. The van der Waals surface area contributed by atoms with Crippen molar-refractivity contribution >= 4 is 11.6 Å². The summed E-state index contributed by atoms with van der Waals surface area (Å²) in [7, 11) is 0. The zero-order valence-electron chi connectivity index (χ0n) is 11.1. The van der Waals surface area contributed by atoms with E-state index in [4.69, 9.17) is 4.74 Å². The number of ether oxygens (including phenoxy) is 1. The van der Waals surface area contributed by atoms with Crippen LogP contribution in [-0.2, 0) is 0 Å². The third-order valence-electron chi connectivity index (χ3n) is 3.43. The Kier molecular flexibility index (Phi) is 2.79. The molecule has 1 aliphatic heterocycles. The quantitative estimate of drug-likeness (QED) is 0.830. The van der Waals surface area contributed by atoms with Gasteiger partial charge in [0.15, 0.2) is 0 Å². The molecule has 2 nitrogen and oxygen atoms in total. The number of phenolic OH excluding ortho intramolecular Hbond substituents is 1. The molecule has 19 heavy (non-hydrogen) atoms. The predicted molar refractivity (Wildman–Crippen MR) is 77.2 cm³/mol. The highest BCUT2D eigenvalue weighted by Crippen LogP contribution is 2.35. The second kappa shape index (κ2) is 4.47. The van der Waals surface area contributed by atoms with Crippen LogP contribution in [0.2, 0.25) is 0 Å². The molecule has 0 aliphatic carbocycles. The van der Waals surface area contributed by atoms with Crippen LogP contribution in [0.3, 0.4) is 0 Å². The Balaban J connectivity index is 2.08. The first-order valence-electron chi connectivity index (χ1n) is 6.42. The minimum atomic E-state index is 0.0137. The van der Waals surface area contributed by atoms with Gasteiger partial charge < -0.3 is 9.84 Å². The third kappa shape index (κ3) is 2.22. The summed E-state index contributed by atoms with van der Waals surface area (Å²) < 4.78 is 5.90. The van der Waals surface area contributed by atoms with Crippen molar-refractivity contribution in [3.8, 4) is 11.5 Å². The van der Waals surface area contributed by atoms with Crippen molar-refractivity contribution in [3.05, 3.63) is 59.2 Å². The minimum Gasteiger partial charge on any atom is -0.508 e. The topological polar surface area (TPSA) is 29.5 Å². The molecule has 0 radical (unpaired) electrons. The van der Waals surface area contributed by atoms with Crippen LogP contribution in [0.1, 0.15) is 23.6 Å². The van der Waals surface area contributed by atoms with Gasteiger partial charge in [-0.05, 0) is 49.3 Å². The first-order chi connectivity index (χ1) is 9.13. The van der Waals surface area contributed by atoms with Crippen molar-refractivity contribution in [2.75, 3.05) is 0 Å². The lowest BCUT2D eigenvalue weighted by Gasteiger charge is -2.25. The van der Waals surface area contributed by atoms with E-state index in [0.29, 0.717) is 0 Å². The highest BCUT2D eigenvalue weighted by atomic mass is 16.5. The second-order valence-electron chi connectivity index (χ2n) is 4.95. The van der Waals surface area contributed by atoms with Gasteiger partial charge in [-0.15, -0.1) is 0 Å². The molecule has 0 amide bonds. The average Bonchev–Trinajstić information content (AvgIpc) is 2.40. The molecule has 0 saturated heterocycles. The van der Waals surface area contributed by atoms with E-state index in [-0.39, 0.29) is 11.9 Å². The molecular formula is C17H16O2. The van der Waals surface area contributed by atoms with E-state index in [2.05, 4.69) is 37.3 Å². The first-order valence-corrected chi connectivity index (χ1v) is 6.42. The van der Waals surface area contributed by atoms with Crippen LogP contribution in [-0.4, -0.2) is 11.2 Å². The van der Waals surface area contributed by atoms with E-state index in [1.54, 1.807) is 12.1 Å². The van der Waals surface area contributed by atoms with Crippen LogP contribution in [0.4, 0.5) is 0 Å². The zero-order chi connectivity index (χ0) is 13.4. The van der Waals surface area contributed by atoms with Crippen LogP contribution in [0.25, 0.3) is 11.6 Å². The van der Waals surface area contributed by atoms with Gasteiger partial charge in [0.05, 0.1) is 0 Å². The maximum atomic E-state index is 9.56. The van der Waals surface area contributed by atoms with Crippen LogP contribution in [0.15, 0.2) is 42.5 Å². The lowest BCUT2D eigenvalue weighted by molar-refractivity contribution is 0.274. The normalized spacial score (nSPS) is 17.4. The van der Waals surface area contributed by atoms with Crippen molar-refractivity contribution in [2.45, 2.75) is 20.0 Å². The number of hydrogen-bond acceptors (Lipinski definition) is 2. The SMILES string of the molecule is Cc1ccc(C2=Cc3cc(O)ccc3OC2C)cc1. The number of benzene rings is 2. The van der Waals surface area contributed by atoms with Crippen molar-refractivity contribution in [3.63, 3.8) is 0 Å². The summed E-state index contributed by atoms with van der Waals surface area (Å²) in [6.45, 7) is 4.12. The highest BCUT2D eigenvalue weighted by Gasteiger charge is 2.20. The number of phenols is 1. The standard InChI is InChI=1S/C17H16O2/c1-11-3-5-13(6-4-11)16-10-14-9-15(18)7-8-17(14)19-12(16)2/h3-10,12,18H,1-2H3. The highest BCUT2D eigenvalue weighted by molar-refractivity contribution is 5.87. The second-order valence-corrected chi connectivity index (χ2v) is 4.95. The molecule has 0 bridgehead atoms. The van der Waals surface area contributed by atoms with Gasteiger partial charge in [-0.1, -0.05) is 29.8 Å². The molecule has 1 aliphatic rings. The van der Waals surface area contributed by atoms with Gasteiger partial charge in [0.1, 0.15) is 17.6 Å². The Labute approximate surface area is 113 Å². The third-order valence-corrected chi connectivity index (χ3v) is 3.43. The molecular weight excluding hydrogens is 236 g/mol. The summed E-state index contributed by atoms with van der Waals surface area (Å²) in [5.74, 6) is 1.08. The molecule has 1 atom stereocenters. The molecule has 0 fully saturated rings. The van der Waals surface area contributed by atoms with Crippen LogP contribution in [0, 0.1) is 6.92 Å². The molecule has 3 rings (SSSR count). The van der Waals surface area contributed by atoms with Gasteiger partial charge in [0.25, 0.3) is 0 Å². The molecule has 1 heterocycles. The summed E-state index contributed by atoms with van der Waals surface area (Å²) >= 11 is 0. The molecule has 1 unspecified atom stereocenters. The maximum absolute atomic E-state index is 9.56. The van der Waals surface area contributed by atoms with E-state index >= 15 is 0 Å². The largest absolute Gasteiger partial charge is 0.508 e. The molecule has 2 heteroatoms. The van der Waals surface area contributed by atoms with Gasteiger partial charge in [-0.25, -0.2) is 0 Å². The molecule has 0 aromatic heterocycles. The summed E-state index contributed by atoms with van der Waals surface area (Å²) in [5.41, 5.74) is 4.46. The molecule has 0 spiro atoms. The number of rotatable bonds is 1. The molecule has 1 N–H and O–H groups in total. The fourth-order valence-corrected chi connectivity index (χ4v) is 2.36. The number of aromatic hydroxyl groups is 1. The van der Waals surface area contributed by atoms with Crippen LogP contribution in [0.5, 0.6) is 11.5 Å². The summed E-state index contributed by atoms with van der Waals surface area (Å²) in [5, 5.41) is 9.56. The molecule has 0 saturated carbocycles. The fraction of sp³-hybridized carbons (Fsp3) is 0.176. The Hall–Kier alpha value is -2.22. The van der Waals surface area contributed by atoms with Gasteiger partial charge in [0, 0.05) is 5.56 Å². The average molecular weight is 252 g/mol. The van der Waals surface area contributed by atoms with E-state index in [0.717, 1.165) is 22.4 Å². The smallest absolute Gasteiger partial charge is 0.127 e. The van der Waals surface area contributed by atoms with Crippen molar-refractivity contribution < 1.29 is 9.84 Å². The van der Waals surface area contributed by atoms with Gasteiger partial charge in [-0.2, -0.15) is 0 Å². The van der Waals surface area contributed by atoms with Gasteiger partial charge >= 0.3 is 0 Å². The van der Waals surface area contributed by atoms with Crippen LogP contribution >= 0.6 is 0 Å². The lowest BCUT2D eigenvalue weighted by Crippen LogP contribution is -2.17. The number of fused-ring (bicyclic) bond motifs is 1. The number of hydrogen-bond donors (Lipinski definition) is 1. The van der Waals surface area contributed by atoms with Gasteiger partial charge in [0.2, 0.25) is 0 Å².